The molecule has 2 aromatic rings. The number of benzene rings is 1. The van der Waals surface area contributed by atoms with Crippen molar-refractivity contribution < 1.29 is 4.79 Å². The molecule has 0 unspecified atom stereocenters. The van der Waals surface area contributed by atoms with Gasteiger partial charge in [0.2, 0.25) is 0 Å². The molecule has 1 aliphatic heterocycles. The van der Waals surface area contributed by atoms with Crippen LogP contribution >= 0.6 is 11.8 Å². The summed E-state index contributed by atoms with van der Waals surface area (Å²) in [4.78, 5) is 23.5. The first-order valence-electron chi connectivity index (χ1n) is 7.81. The smallest absolute Gasteiger partial charge is 0.267 e. The predicted octanol–water partition coefficient (Wildman–Crippen LogP) is 4.43. The number of aliphatic imine (C=N–C) groups is 1. The average Bonchev–Trinajstić information content (AvgIpc) is 2.93. The Balaban J connectivity index is 1.83. The number of thioether (sulfide) groups is 1. The van der Waals surface area contributed by atoms with Crippen LogP contribution in [0, 0.1) is 0 Å². The van der Waals surface area contributed by atoms with Crippen molar-refractivity contribution in [3.8, 4) is 0 Å². The largest absolute Gasteiger partial charge is 0.282 e. The van der Waals surface area contributed by atoms with E-state index in [1.54, 1.807) is 23.2 Å². The highest BCUT2D eigenvalue weighted by atomic mass is 32.2. The van der Waals surface area contributed by atoms with Gasteiger partial charge in [-0.25, -0.2) is 9.98 Å². The first-order chi connectivity index (χ1) is 12.3. The quantitative estimate of drug-likeness (QED) is 0.594. The van der Waals surface area contributed by atoms with Gasteiger partial charge < -0.3 is 0 Å². The van der Waals surface area contributed by atoms with Crippen LogP contribution in [0.2, 0.25) is 0 Å². The minimum absolute atomic E-state index is 0.0720. The Kier molecular flexibility index (Phi) is 5.59. The number of hydrogen-bond donors (Lipinski definition) is 0. The number of carbonyl (C=O) groups excluding carboxylic acids is 1. The number of aromatic nitrogens is 1. The van der Waals surface area contributed by atoms with Gasteiger partial charge in [-0.2, -0.15) is 0 Å². The van der Waals surface area contributed by atoms with E-state index in [1.807, 2.05) is 60.7 Å². The first-order valence-corrected chi connectivity index (χ1v) is 8.63. The highest BCUT2D eigenvalue weighted by molar-refractivity contribution is 8.18. The molecule has 0 bridgehead atoms. The molecular weight excluding hydrogens is 330 g/mol. The number of allylic oxidation sites excluding steroid dienone is 2. The van der Waals surface area contributed by atoms with Crippen LogP contribution in [0.15, 0.2) is 89.4 Å². The van der Waals surface area contributed by atoms with Gasteiger partial charge in [-0.05, 0) is 35.5 Å². The minimum Gasteiger partial charge on any atom is -0.282 e. The molecule has 0 saturated carbocycles. The van der Waals surface area contributed by atoms with Gasteiger partial charge in [0, 0.05) is 12.7 Å². The summed E-state index contributed by atoms with van der Waals surface area (Å²) in [5, 5.41) is 0.614. The molecule has 1 fully saturated rings. The van der Waals surface area contributed by atoms with Gasteiger partial charge in [0.1, 0.15) is 0 Å². The van der Waals surface area contributed by atoms with Crippen LogP contribution in [-0.2, 0) is 4.79 Å². The van der Waals surface area contributed by atoms with Crippen molar-refractivity contribution in [3.63, 3.8) is 0 Å². The number of nitrogens with zero attached hydrogens (tertiary/aromatic N) is 3. The van der Waals surface area contributed by atoms with Crippen molar-refractivity contribution in [2.24, 2.45) is 4.99 Å². The molecule has 0 radical (unpaired) electrons. The maximum atomic E-state index is 12.6. The molecule has 3 rings (SSSR count). The maximum absolute atomic E-state index is 12.6. The lowest BCUT2D eigenvalue weighted by Gasteiger charge is -2.12. The van der Waals surface area contributed by atoms with Gasteiger partial charge in [-0.1, -0.05) is 54.6 Å². The SMILES string of the molecule is C=CCN1C(=O)/C(=C/C=C/c2ccccc2)S/C1=N/c1ccccn1. The van der Waals surface area contributed by atoms with E-state index in [2.05, 4.69) is 16.6 Å². The molecule has 25 heavy (non-hydrogen) atoms. The lowest BCUT2D eigenvalue weighted by Crippen LogP contribution is -2.29. The third-order valence-corrected chi connectivity index (χ3v) is 4.42. The van der Waals surface area contributed by atoms with E-state index in [0.717, 1.165) is 5.56 Å². The third kappa shape index (κ3) is 4.33. The Morgan fingerprint density at radius 3 is 2.68 bits per heavy atom. The Morgan fingerprint density at radius 1 is 1.16 bits per heavy atom. The van der Waals surface area contributed by atoms with Crippen molar-refractivity contribution in [3.05, 3.63) is 90.0 Å². The molecule has 4 nitrogen and oxygen atoms in total. The zero-order chi connectivity index (χ0) is 17.5. The molecule has 0 aliphatic carbocycles. The summed E-state index contributed by atoms with van der Waals surface area (Å²) in [6.45, 7) is 4.13. The van der Waals surface area contributed by atoms with Gasteiger partial charge in [-0.15, -0.1) is 6.58 Å². The Hall–Kier alpha value is -2.92. The average molecular weight is 347 g/mol. The summed E-state index contributed by atoms with van der Waals surface area (Å²) < 4.78 is 0. The van der Waals surface area contributed by atoms with E-state index in [1.165, 1.54) is 11.8 Å². The van der Waals surface area contributed by atoms with Crippen LogP contribution in [0.5, 0.6) is 0 Å². The van der Waals surface area contributed by atoms with E-state index in [0.29, 0.717) is 22.4 Å². The second-order valence-corrected chi connectivity index (χ2v) is 6.20. The van der Waals surface area contributed by atoms with E-state index in [9.17, 15) is 4.79 Å². The Labute approximate surface area is 151 Å². The van der Waals surface area contributed by atoms with Crippen molar-refractivity contribution in [2.45, 2.75) is 0 Å². The van der Waals surface area contributed by atoms with Crippen LogP contribution in [0.4, 0.5) is 5.82 Å². The van der Waals surface area contributed by atoms with Crippen molar-refractivity contribution >= 4 is 34.7 Å². The summed E-state index contributed by atoms with van der Waals surface area (Å²) in [6, 6.07) is 15.5. The molecule has 1 aromatic carbocycles. The summed E-state index contributed by atoms with van der Waals surface area (Å²) in [5.74, 6) is 0.505. The van der Waals surface area contributed by atoms with Gasteiger partial charge in [0.15, 0.2) is 11.0 Å². The number of pyridine rings is 1. The Morgan fingerprint density at radius 2 is 1.96 bits per heavy atom. The zero-order valence-corrected chi connectivity index (χ0v) is 14.4. The lowest BCUT2D eigenvalue weighted by atomic mass is 10.2. The van der Waals surface area contributed by atoms with E-state index < -0.39 is 0 Å². The summed E-state index contributed by atoms with van der Waals surface area (Å²) >= 11 is 1.35. The van der Waals surface area contributed by atoms with Crippen LogP contribution in [0.25, 0.3) is 6.08 Å². The number of amidine groups is 1. The summed E-state index contributed by atoms with van der Waals surface area (Å²) in [6.07, 6.45) is 9.03. The van der Waals surface area contributed by atoms with Crippen LogP contribution in [0.1, 0.15) is 5.56 Å². The van der Waals surface area contributed by atoms with Gasteiger partial charge in [-0.3, -0.25) is 9.69 Å². The topological polar surface area (TPSA) is 45.6 Å². The van der Waals surface area contributed by atoms with Crippen molar-refractivity contribution in [2.75, 3.05) is 6.54 Å². The molecule has 0 N–H and O–H groups in total. The van der Waals surface area contributed by atoms with E-state index in [4.69, 9.17) is 0 Å². The molecule has 2 heterocycles. The number of hydrogen-bond acceptors (Lipinski definition) is 4. The minimum atomic E-state index is -0.0720. The molecule has 0 atom stereocenters. The van der Waals surface area contributed by atoms with Crippen LogP contribution in [0.3, 0.4) is 0 Å². The fraction of sp³-hybridized carbons (Fsp3) is 0.0500. The number of rotatable bonds is 5. The molecule has 1 aliphatic rings. The monoisotopic (exact) mass is 347 g/mol. The van der Waals surface area contributed by atoms with E-state index in [-0.39, 0.29) is 5.91 Å². The Bertz CT molecular complexity index is 842. The molecule has 124 valence electrons. The molecule has 1 saturated heterocycles. The lowest BCUT2D eigenvalue weighted by molar-refractivity contribution is -0.121. The summed E-state index contributed by atoms with van der Waals surface area (Å²) in [5.41, 5.74) is 1.08. The summed E-state index contributed by atoms with van der Waals surface area (Å²) in [7, 11) is 0. The normalized spacial score (nSPS) is 17.8. The molecule has 1 aromatic heterocycles. The van der Waals surface area contributed by atoms with E-state index >= 15 is 0 Å². The van der Waals surface area contributed by atoms with Crippen LogP contribution in [-0.4, -0.2) is 27.5 Å². The molecule has 5 heteroatoms. The van der Waals surface area contributed by atoms with Gasteiger partial charge >= 0.3 is 0 Å². The second kappa shape index (κ2) is 8.26. The maximum Gasteiger partial charge on any atom is 0.267 e. The zero-order valence-electron chi connectivity index (χ0n) is 13.6. The third-order valence-electron chi connectivity index (χ3n) is 3.40. The van der Waals surface area contributed by atoms with Crippen molar-refractivity contribution in [1.29, 1.82) is 0 Å². The fourth-order valence-corrected chi connectivity index (χ4v) is 3.17. The highest BCUT2D eigenvalue weighted by Crippen LogP contribution is 2.32. The molecular formula is C20H17N3OS. The molecule has 0 spiro atoms. The number of amides is 1. The number of carbonyl (C=O) groups is 1. The fourth-order valence-electron chi connectivity index (χ4n) is 2.22. The second-order valence-electron chi connectivity index (χ2n) is 5.19. The van der Waals surface area contributed by atoms with Crippen molar-refractivity contribution in [1.82, 2.24) is 9.88 Å². The standard InChI is InChI=1S/C20H17N3OS/c1-2-15-23-19(24)17(12-8-11-16-9-4-3-5-10-16)25-20(23)22-18-13-6-7-14-21-18/h2-14H,1,15H2/b11-8+,17-12-,22-20+. The molecule has 1 amide bonds. The van der Waals surface area contributed by atoms with Gasteiger partial charge in [0.25, 0.3) is 5.91 Å². The predicted molar refractivity (Wildman–Crippen MR) is 104 cm³/mol. The highest BCUT2D eigenvalue weighted by Gasteiger charge is 2.32. The first kappa shape index (κ1) is 16.9. The van der Waals surface area contributed by atoms with Crippen LogP contribution < -0.4 is 0 Å². The van der Waals surface area contributed by atoms with Gasteiger partial charge in [0.05, 0.1) is 4.91 Å².